The van der Waals surface area contributed by atoms with Crippen molar-refractivity contribution in [1.29, 1.82) is 0 Å². The molecule has 18 heavy (non-hydrogen) atoms. The number of rotatable bonds is 6. The van der Waals surface area contributed by atoms with Crippen molar-refractivity contribution in [2.24, 2.45) is 5.73 Å². The smallest absolute Gasteiger partial charge is 0.320 e. The van der Waals surface area contributed by atoms with E-state index in [4.69, 9.17) is 15.9 Å². The van der Waals surface area contributed by atoms with E-state index in [2.05, 4.69) is 0 Å². The molecule has 0 fully saturated rings. The van der Waals surface area contributed by atoms with Crippen LogP contribution < -0.4 is 5.73 Å². The first kappa shape index (κ1) is 14.2. The average Bonchev–Trinajstić information content (AvgIpc) is 2.27. The number of carboxylic acid groups (broad SMARTS) is 2. The molecule has 0 unspecified atom stereocenters. The number of aryl methyl sites for hydroxylation is 2. The second-order valence-electron chi connectivity index (χ2n) is 4.31. The lowest BCUT2D eigenvalue weighted by molar-refractivity contribution is -0.139. The van der Waals surface area contributed by atoms with Crippen molar-refractivity contribution < 1.29 is 19.8 Å². The number of benzene rings is 1. The summed E-state index contributed by atoms with van der Waals surface area (Å²) >= 11 is 0. The largest absolute Gasteiger partial charge is 0.481 e. The van der Waals surface area contributed by atoms with Gasteiger partial charge in [-0.25, -0.2) is 0 Å². The fourth-order valence-electron chi connectivity index (χ4n) is 1.75. The quantitative estimate of drug-likeness (QED) is 0.699. The third-order valence-electron chi connectivity index (χ3n) is 2.73. The fraction of sp³-hybridized carbons (Fsp3) is 0.385. The minimum Gasteiger partial charge on any atom is -0.481 e. The molecule has 0 heterocycles. The Bertz CT molecular complexity index is 456. The van der Waals surface area contributed by atoms with E-state index < -0.39 is 18.0 Å². The summed E-state index contributed by atoms with van der Waals surface area (Å²) in [6.45, 7) is 1.90. The van der Waals surface area contributed by atoms with Crippen LogP contribution in [0.1, 0.15) is 23.1 Å². The van der Waals surface area contributed by atoms with Crippen LogP contribution in [0.25, 0.3) is 0 Å². The first-order chi connectivity index (χ1) is 8.40. The van der Waals surface area contributed by atoms with Crippen molar-refractivity contribution >= 4 is 11.9 Å². The van der Waals surface area contributed by atoms with Gasteiger partial charge in [0.2, 0.25) is 0 Å². The van der Waals surface area contributed by atoms with Crippen LogP contribution in [0.2, 0.25) is 0 Å². The molecule has 1 aromatic carbocycles. The molecule has 0 spiro atoms. The zero-order chi connectivity index (χ0) is 13.7. The number of hydrogen-bond acceptors (Lipinski definition) is 3. The number of carboxylic acids is 2. The van der Waals surface area contributed by atoms with Gasteiger partial charge in [0.15, 0.2) is 0 Å². The first-order valence-corrected chi connectivity index (χ1v) is 5.68. The van der Waals surface area contributed by atoms with Crippen LogP contribution in [0, 0.1) is 6.92 Å². The zero-order valence-electron chi connectivity index (χ0n) is 10.2. The molecule has 0 aliphatic rings. The molecule has 4 N–H and O–H groups in total. The zero-order valence-corrected chi connectivity index (χ0v) is 10.2. The van der Waals surface area contributed by atoms with Gasteiger partial charge in [-0.1, -0.05) is 23.8 Å². The van der Waals surface area contributed by atoms with Crippen molar-refractivity contribution in [3.63, 3.8) is 0 Å². The van der Waals surface area contributed by atoms with E-state index in [0.29, 0.717) is 6.42 Å². The molecule has 5 nitrogen and oxygen atoms in total. The van der Waals surface area contributed by atoms with E-state index in [-0.39, 0.29) is 12.8 Å². The van der Waals surface area contributed by atoms with Gasteiger partial charge in [0.1, 0.15) is 6.04 Å². The van der Waals surface area contributed by atoms with E-state index >= 15 is 0 Å². The summed E-state index contributed by atoms with van der Waals surface area (Å²) < 4.78 is 0. The lowest BCUT2D eigenvalue weighted by Crippen LogP contribution is -2.32. The highest BCUT2D eigenvalue weighted by molar-refractivity contribution is 5.73. The molecule has 1 aromatic rings. The Morgan fingerprint density at radius 3 is 2.50 bits per heavy atom. The van der Waals surface area contributed by atoms with Crippen LogP contribution in [-0.4, -0.2) is 28.2 Å². The molecule has 98 valence electrons. The van der Waals surface area contributed by atoms with Gasteiger partial charge in [0.05, 0.1) is 0 Å². The lowest BCUT2D eigenvalue weighted by atomic mass is 9.95. The summed E-state index contributed by atoms with van der Waals surface area (Å²) in [6, 6.07) is 4.62. The van der Waals surface area contributed by atoms with Crippen molar-refractivity contribution in [3.05, 3.63) is 34.9 Å². The van der Waals surface area contributed by atoms with E-state index in [0.717, 1.165) is 16.7 Å². The molecule has 0 amide bonds. The van der Waals surface area contributed by atoms with Gasteiger partial charge >= 0.3 is 11.9 Å². The molecule has 1 rings (SSSR count). The van der Waals surface area contributed by atoms with Gasteiger partial charge < -0.3 is 15.9 Å². The van der Waals surface area contributed by atoms with Crippen LogP contribution >= 0.6 is 0 Å². The summed E-state index contributed by atoms with van der Waals surface area (Å²) in [4.78, 5) is 21.3. The summed E-state index contributed by atoms with van der Waals surface area (Å²) in [6.07, 6.45) is 0.627. The van der Waals surface area contributed by atoms with Crippen LogP contribution in [0.15, 0.2) is 18.2 Å². The third-order valence-corrected chi connectivity index (χ3v) is 2.73. The van der Waals surface area contributed by atoms with Gasteiger partial charge in [-0.15, -0.1) is 0 Å². The maximum absolute atomic E-state index is 10.7. The minimum atomic E-state index is -1.05. The molecule has 0 saturated carbocycles. The Balaban J connectivity index is 2.89. The molecule has 1 atom stereocenters. The van der Waals surface area contributed by atoms with E-state index in [1.54, 1.807) is 0 Å². The Hall–Kier alpha value is -1.88. The highest BCUT2D eigenvalue weighted by Gasteiger charge is 2.15. The molecule has 0 bridgehead atoms. The molecule has 0 aromatic heterocycles. The van der Waals surface area contributed by atoms with Gasteiger partial charge in [-0.3, -0.25) is 9.59 Å². The van der Waals surface area contributed by atoms with Gasteiger partial charge in [0.25, 0.3) is 0 Å². The molecule has 0 aliphatic carbocycles. The highest BCUT2D eigenvalue weighted by Crippen LogP contribution is 2.15. The molecule has 5 heteroatoms. The Morgan fingerprint density at radius 1 is 1.28 bits per heavy atom. The Kier molecular flexibility index (Phi) is 4.85. The third kappa shape index (κ3) is 4.18. The number of aliphatic carboxylic acids is 2. The first-order valence-electron chi connectivity index (χ1n) is 5.68. The molecular weight excluding hydrogens is 234 g/mol. The lowest BCUT2D eigenvalue weighted by Gasteiger charge is -2.12. The SMILES string of the molecule is Cc1ccc(CCC(=O)O)c(C[C@H](N)C(=O)O)c1. The van der Waals surface area contributed by atoms with Crippen molar-refractivity contribution in [2.45, 2.75) is 32.2 Å². The predicted octanol–water partition coefficient (Wildman–Crippen LogP) is 0.967. The fourth-order valence-corrected chi connectivity index (χ4v) is 1.75. The monoisotopic (exact) mass is 251 g/mol. The predicted molar refractivity (Wildman–Crippen MR) is 66.5 cm³/mol. The molecule has 0 saturated heterocycles. The summed E-state index contributed by atoms with van der Waals surface area (Å²) in [5.74, 6) is -1.93. The maximum Gasteiger partial charge on any atom is 0.320 e. The molecule has 0 radical (unpaired) electrons. The highest BCUT2D eigenvalue weighted by atomic mass is 16.4. The van der Waals surface area contributed by atoms with E-state index in [1.807, 2.05) is 25.1 Å². The second-order valence-corrected chi connectivity index (χ2v) is 4.31. The van der Waals surface area contributed by atoms with Crippen molar-refractivity contribution in [3.8, 4) is 0 Å². The van der Waals surface area contributed by atoms with E-state index in [9.17, 15) is 9.59 Å². The van der Waals surface area contributed by atoms with Crippen LogP contribution in [0.4, 0.5) is 0 Å². The normalized spacial score (nSPS) is 12.1. The van der Waals surface area contributed by atoms with Crippen LogP contribution in [0.3, 0.4) is 0 Å². The average molecular weight is 251 g/mol. The van der Waals surface area contributed by atoms with Gasteiger partial charge in [-0.2, -0.15) is 0 Å². The Morgan fingerprint density at radius 2 is 1.94 bits per heavy atom. The van der Waals surface area contributed by atoms with E-state index in [1.165, 1.54) is 0 Å². The maximum atomic E-state index is 10.7. The van der Waals surface area contributed by atoms with Crippen molar-refractivity contribution in [2.75, 3.05) is 0 Å². The minimum absolute atomic E-state index is 0.0262. The second kappa shape index (κ2) is 6.16. The summed E-state index contributed by atoms with van der Waals surface area (Å²) in [5, 5.41) is 17.5. The number of carbonyl (C=O) groups is 2. The number of nitrogens with two attached hydrogens (primary N) is 1. The van der Waals surface area contributed by atoms with Crippen LogP contribution in [0.5, 0.6) is 0 Å². The topological polar surface area (TPSA) is 101 Å². The summed E-state index contributed by atoms with van der Waals surface area (Å²) in [7, 11) is 0. The van der Waals surface area contributed by atoms with Crippen molar-refractivity contribution in [1.82, 2.24) is 0 Å². The Labute approximate surface area is 105 Å². The standard InChI is InChI=1S/C13H17NO4/c1-8-2-3-9(4-5-12(15)16)10(6-8)7-11(14)13(17)18/h2-3,6,11H,4-5,7,14H2,1H3,(H,15,16)(H,17,18)/t11-/m0/s1. The summed E-state index contributed by atoms with van der Waals surface area (Å²) in [5.41, 5.74) is 8.17. The van der Waals surface area contributed by atoms with Crippen LogP contribution in [-0.2, 0) is 22.4 Å². The van der Waals surface area contributed by atoms with Gasteiger partial charge in [-0.05, 0) is 30.9 Å². The number of hydrogen-bond donors (Lipinski definition) is 3. The van der Waals surface area contributed by atoms with Gasteiger partial charge in [0, 0.05) is 6.42 Å². The molecule has 0 aliphatic heterocycles. The molecular formula is C13H17NO4.